The largest absolute Gasteiger partial charge is 0.306 e. The zero-order valence-electron chi connectivity index (χ0n) is 18.0. The van der Waals surface area contributed by atoms with E-state index in [0.29, 0.717) is 16.8 Å². The highest BCUT2D eigenvalue weighted by atomic mass is 16.6. The molecule has 1 amide bonds. The van der Waals surface area contributed by atoms with Crippen LogP contribution in [-0.4, -0.2) is 20.6 Å². The molecule has 0 aliphatic rings. The van der Waals surface area contributed by atoms with Crippen LogP contribution in [0.4, 0.5) is 11.5 Å². The second-order valence-electron chi connectivity index (χ2n) is 7.51. The van der Waals surface area contributed by atoms with Gasteiger partial charge in [-0.05, 0) is 43.7 Å². The number of amides is 1. The summed E-state index contributed by atoms with van der Waals surface area (Å²) in [5.74, 6) is -0.308. The third kappa shape index (κ3) is 4.40. The maximum absolute atomic E-state index is 13.2. The van der Waals surface area contributed by atoms with Gasteiger partial charge in [-0.15, -0.1) is 0 Å². The van der Waals surface area contributed by atoms with Crippen molar-refractivity contribution < 1.29 is 9.72 Å². The fourth-order valence-corrected chi connectivity index (χ4v) is 3.41. The SMILES string of the molecule is Cc1ccc(-n2nc(C)c(=O)c(-c3ccccc3)c2NC(=O)c2ccc([N+](=O)[O-])cc2)cc1. The minimum Gasteiger partial charge on any atom is -0.306 e. The number of nitro benzene ring substituents is 1. The summed E-state index contributed by atoms with van der Waals surface area (Å²) in [4.78, 5) is 36.6. The van der Waals surface area contributed by atoms with E-state index in [0.717, 1.165) is 5.56 Å². The second-order valence-corrected chi connectivity index (χ2v) is 7.51. The highest BCUT2D eigenvalue weighted by molar-refractivity contribution is 6.05. The number of aromatic nitrogens is 2. The van der Waals surface area contributed by atoms with E-state index in [-0.39, 0.29) is 28.2 Å². The Hall–Kier alpha value is -4.59. The molecule has 1 N–H and O–H groups in total. The van der Waals surface area contributed by atoms with Crippen molar-refractivity contribution in [2.45, 2.75) is 13.8 Å². The predicted molar refractivity (Wildman–Crippen MR) is 126 cm³/mol. The van der Waals surface area contributed by atoms with E-state index in [9.17, 15) is 19.7 Å². The van der Waals surface area contributed by atoms with Crippen molar-refractivity contribution in [1.29, 1.82) is 0 Å². The maximum Gasteiger partial charge on any atom is 0.269 e. The van der Waals surface area contributed by atoms with E-state index in [2.05, 4.69) is 10.4 Å². The normalized spacial score (nSPS) is 10.6. The van der Waals surface area contributed by atoms with E-state index in [1.54, 1.807) is 19.1 Å². The van der Waals surface area contributed by atoms with Crippen LogP contribution in [0.5, 0.6) is 0 Å². The van der Waals surface area contributed by atoms with Gasteiger partial charge in [0.1, 0.15) is 11.5 Å². The van der Waals surface area contributed by atoms with Crippen molar-refractivity contribution >= 4 is 17.4 Å². The molecular weight excluding hydrogens is 420 g/mol. The Balaban J connectivity index is 1.89. The summed E-state index contributed by atoms with van der Waals surface area (Å²) in [5.41, 5.74) is 2.72. The first-order chi connectivity index (χ1) is 15.8. The lowest BCUT2D eigenvalue weighted by atomic mass is 10.0. The van der Waals surface area contributed by atoms with E-state index in [1.807, 2.05) is 49.4 Å². The minimum absolute atomic E-state index is 0.120. The zero-order chi connectivity index (χ0) is 23.5. The first-order valence-electron chi connectivity index (χ1n) is 10.2. The first-order valence-corrected chi connectivity index (χ1v) is 10.2. The number of anilines is 1. The van der Waals surface area contributed by atoms with Gasteiger partial charge in [0.05, 0.1) is 16.2 Å². The van der Waals surface area contributed by atoms with Crippen LogP contribution in [0.2, 0.25) is 0 Å². The van der Waals surface area contributed by atoms with Gasteiger partial charge in [-0.2, -0.15) is 5.10 Å². The monoisotopic (exact) mass is 440 g/mol. The van der Waals surface area contributed by atoms with Crippen LogP contribution in [0.25, 0.3) is 16.8 Å². The van der Waals surface area contributed by atoms with Gasteiger partial charge in [-0.3, -0.25) is 19.7 Å². The number of hydrogen-bond donors (Lipinski definition) is 1. The van der Waals surface area contributed by atoms with Crippen LogP contribution in [-0.2, 0) is 0 Å². The molecule has 0 bridgehead atoms. The molecule has 0 aliphatic heterocycles. The summed E-state index contributed by atoms with van der Waals surface area (Å²) in [7, 11) is 0. The number of rotatable bonds is 5. The number of nitrogens with one attached hydrogen (secondary N) is 1. The Morgan fingerprint density at radius 3 is 2.18 bits per heavy atom. The van der Waals surface area contributed by atoms with Crippen LogP contribution in [0, 0.1) is 24.0 Å². The molecule has 0 saturated heterocycles. The average Bonchev–Trinajstić information content (AvgIpc) is 2.82. The van der Waals surface area contributed by atoms with Gasteiger partial charge < -0.3 is 5.32 Å². The predicted octanol–water partition coefficient (Wildman–Crippen LogP) is 4.68. The van der Waals surface area contributed by atoms with Crippen molar-refractivity contribution in [1.82, 2.24) is 9.78 Å². The molecule has 1 heterocycles. The number of carbonyl (C=O) groups excluding carboxylic acids is 1. The van der Waals surface area contributed by atoms with Crippen LogP contribution in [0.15, 0.2) is 83.7 Å². The lowest BCUT2D eigenvalue weighted by molar-refractivity contribution is -0.384. The molecule has 0 atom stereocenters. The molecule has 0 spiro atoms. The lowest BCUT2D eigenvalue weighted by Gasteiger charge is -2.18. The summed E-state index contributed by atoms with van der Waals surface area (Å²) in [6.07, 6.45) is 0. The van der Waals surface area contributed by atoms with Crippen molar-refractivity contribution in [3.05, 3.63) is 116 Å². The third-order valence-corrected chi connectivity index (χ3v) is 5.17. The number of non-ortho nitro benzene ring substituents is 1. The number of nitrogens with zero attached hydrogens (tertiary/aromatic N) is 3. The average molecular weight is 440 g/mol. The Labute approximate surface area is 189 Å². The van der Waals surface area contributed by atoms with Crippen molar-refractivity contribution in [3.63, 3.8) is 0 Å². The standard InChI is InChI=1S/C25H20N4O4/c1-16-8-12-20(13-9-16)28-24(26-25(31)19-10-14-21(15-11-19)29(32)33)22(23(30)17(2)27-28)18-6-4-3-5-7-18/h3-15H,1-2H3,(H,26,31). The lowest BCUT2D eigenvalue weighted by Crippen LogP contribution is -2.25. The second kappa shape index (κ2) is 8.88. The fraction of sp³-hybridized carbons (Fsp3) is 0.0800. The molecule has 1 aromatic heterocycles. The summed E-state index contributed by atoms with van der Waals surface area (Å²) >= 11 is 0. The Morgan fingerprint density at radius 1 is 0.939 bits per heavy atom. The molecule has 0 radical (unpaired) electrons. The van der Waals surface area contributed by atoms with Gasteiger partial charge in [0.2, 0.25) is 5.43 Å². The number of aryl methyl sites for hydroxylation is 2. The molecule has 0 saturated carbocycles. The molecule has 8 nitrogen and oxygen atoms in total. The van der Waals surface area contributed by atoms with Gasteiger partial charge in [0.25, 0.3) is 11.6 Å². The number of benzene rings is 3. The van der Waals surface area contributed by atoms with Crippen molar-refractivity contribution in [3.8, 4) is 16.8 Å². The Morgan fingerprint density at radius 2 is 1.58 bits per heavy atom. The molecule has 0 fully saturated rings. The number of hydrogen-bond acceptors (Lipinski definition) is 5. The number of nitro groups is 1. The Kier molecular flexibility index (Phi) is 5.82. The maximum atomic E-state index is 13.2. The van der Waals surface area contributed by atoms with Crippen LogP contribution >= 0.6 is 0 Å². The summed E-state index contributed by atoms with van der Waals surface area (Å²) < 4.78 is 1.53. The van der Waals surface area contributed by atoms with E-state index in [4.69, 9.17) is 0 Å². The van der Waals surface area contributed by atoms with Gasteiger partial charge in [0, 0.05) is 17.7 Å². The van der Waals surface area contributed by atoms with Crippen molar-refractivity contribution in [2.24, 2.45) is 0 Å². The molecule has 164 valence electrons. The summed E-state index contributed by atoms with van der Waals surface area (Å²) in [6, 6.07) is 21.8. The van der Waals surface area contributed by atoms with Gasteiger partial charge in [-0.1, -0.05) is 48.0 Å². The van der Waals surface area contributed by atoms with Gasteiger partial charge in [-0.25, -0.2) is 4.68 Å². The molecule has 4 aromatic rings. The zero-order valence-corrected chi connectivity index (χ0v) is 18.0. The fourth-order valence-electron chi connectivity index (χ4n) is 3.41. The van der Waals surface area contributed by atoms with Crippen molar-refractivity contribution in [2.75, 3.05) is 5.32 Å². The minimum atomic E-state index is -0.534. The molecule has 0 aliphatic carbocycles. The molecular formula is C25H20N4O4. The van der Waals surface area contributed by atoms with Crippen LogP contribution in [0.1, 0.15) is 21.6 Å². The summed E-state index contributed by atoms with van der Waals surface area (Å²) in [6.45, 7) is 3.59. The quantitative estimate of drug-likeness (QED) is 0.358. The van der Waals surface area contributed by atoms with E-state index in [1.165, 1.54) is 28.9 Å². The topological polar surface area (TPSA) is 107 Å². The molecule has 0 unspecified atom stereocenters. The van der Waals surface area contributed by atoms with Gasteiger partial charge >= 0.3 is 0 Å². The Bertz CT molecular complexity index is 1390. The summed E-state index contributed by atoms with van der Waals surface area (Å²) in [5, 5.41) is 18.2. The molecule has 8 heteroatoms. The van der Waals surface area contributed by atoms with Gasteiger partial charge in [0.15, 0.2) is 0 Å². The number of carbonyl (C=O) groups is 1. The molecule has 3 aromatic carbocycles. The highest BCUT2D eigenvalue weighted by Crippen LogP contribution is 2.27. The van der Waals surface area contributed by atoms with E-state index < -0.39 is 10.8 Å². The third-order valence-electron chi connectivity index (χ3n) is 5.17. The molecule has 33 heavy (non-hydrogen) atoms. The van der Waals surface area contributed by atoms with E-state index >= 15 is 0 Å². The molecule has 4 rings (SSSR count). The first kappa shape index (κ1) is 21.6. The highest BCUT2D eigenvalue weighted by Gasteiger charge is 2.21. The van der Waals surface area contributed by atoms with Crippen LogP contribution in [0.3, 0.4) is 0 Å². The van der Waals surface area contributed by atoms with Crippen LogP contribution < -0.4 is 10.7 Å². The smallest absolute Gasteiger partial charge is 0.269 e.